The lowest BCUT2D eigenvalue weighted by Gasteiger charge is -2.23. The van der Waals surface area contributed by atoms with Crippen LogP contribution in [-0.4, -0.2) is 30.9 Å². The molecule has 1 aromatic rings. The van der Waals surface area contributed by atoms with Gasteiger partial charge in [-0.1, -0.05) is 31.5 Å². The van der Waals surface area contributed by atoms with Gasteiger partial charge in [0.2, 0.25) is 0 Å². The van der Waals surface area contributed by atoms with E-state index < -0.39 is 36.5 Å². The molecule has 24 heavy (non-hydrogen) atoms. The maximum Gasteiger partial charge on any atom is 0.416 e. The van der Waals surface area contributed by atoms with Crippen LogP contribution < -0.4 is 0 Å². The Kier molecular flexibility index (Phi) is 5.15. The van der Waals surface area contributed by atoms with Gasteiger partial charge in [-0.2, -0.15) is 13.2 Å². The molecule has 1 unspecified atom stereocenters. The zero-order chi connectivity index (χ0) is 17.3. The Morgan fingerprint density at radius 3 is 2.58 bits per heavy atom. The minimum atomic E-state index is -4.40. The largest absolute Gasteiger partial charge is 0.416 e. The summed E-state index contributed by atoms with van der Waals surface area (Å²) in [6, 6.07) is 5.44. The van der Waals surface area contributed by atoms with E-state index in [4.69, 9.17) is 18.9 Å². The lowest BCUT2D eigenvalue weighted by atomic mass is 10.1. The van der Waals surface area contributed by atoms with E-state index in [2.05, 4.69) is 0 Å². The first kappa shape index (κ1) is 17.7. The van der Waals surface area contributed by atoms with Crippen LogP contribution in [0, 0.1) is 0 Å². The third kappa shape index (κ3) is 3.59. The first-order valence-electron chi connectivity index (χ1n) is 8.13. The van der Waals surface area contributed by atoms with Crippen molar-refractivity contribution >= 4 is 0 Å². The summed E-state index contributed by atoms with van der Waals surface area (Å²) in [6.45, 7) is 3.62. The van der Waals surface area contributed by atoms with Gasteiger partial charge < -0.3 is 18.9 Å². The van der Waals surface area contributed by atoms with Crippen molar-refractivity contribution in [3.63, 3.8) is 0 Å². The van der Waals surface area contributed by atoms with Gasteiger partial charge in [-0.05, 0) is 25.0 Å². The van der Waals surface area contributed by atoms with Crippen LogP contribution in [0.3, 0.4) is 0 Å². The maximum absolute atomic E-state index is 13.1. The van der Waals surface area contributed by atoms with E-state index in [-0.39, 0.29) is 18.3 Å². The molecule has 0 bridgehead atoms. The van der Waals surface area contributed by atoms with Gasteiger partial charge in [0.1, 0.15) is 12.2 Å². The monoisotopic (exact) mass is 346 g/mol. The number of ether oxygens (including phenoxy) is 4. The Balaban J connectivity index is 1.73. The molecule has 2 fully saturated rings. The smallest absolute Gasteiger partial charge is 0.368 e. The Morgan fingerprint density at radius 2 is 1.88 bits per heavy atom. The quantitative estimate of drug-likeness (QED) is 0.811. The van der Waals surface area contributed by atoms with Gasteiger partial charge in [0.05, 0.1) is 18.3 Å². The lowest BCUT2D eigenvalue weighted by Crippen LogP contribution is -2.35. The summed E-state index contributed by atoms with van der Waals surface area (Å²) in [5.74, 6) is 0. The third-order valence-electron chi connectivity index (χ3n) is 4.27. The fourth-order valence-corrected chi connectivity index (χ4v) is 3.21. The molecule has 4 nitrogen and oxygen atoms in total. The molecular formula is C17H21F3O4. The number of benzene rings is 1. The standard InChI is InChI=1S/C17H21F3O4/c1-3-6-13-14(15-16(24-13)23-10(2)22-15)21-9-11-7-4-5-8-12(11)17(18,19)20/h4-5,7-8,10,13-16H,3,6,9H2,1-2H3/t10?,13-,14+,15-,16+/m1/s1. The molecule has 134 valence electrons. The van der Waals surface area contributed by atoms with E-state index in [0.717, 1.165) is 18.9 Å². The zero-order valence-electron chi connectivity index (χ0n) is 13.6. The molecule has 7 heteroatoms. The summed E-state index contributed by atoms with van der Waals surface area (Å²) < 4.78 is 62.1. The van der Waals surface area contributed by atoms with Crippen LogP contribution in [-0.2, 0) is 31.7 Å². The number of rotatable bonds is 5. The van der Waals surface area contributed by atoms with E-state index in [9.17, 15) is 13.2 Å². The van der Waals surface area contributed by atoms with Crippen LogP contribution in [0.5, 0.6) is 0 Å². The van der Waals surface area contributed by atoms with E-state index in [1.54, 1.807) is 13.0 Å². The molecule has 0 spiro atoms. The summed E-state index contributed by atoms with van der Waals surface area (Å²) in [4.78, 5) is 0. The molecule has 0 aliphatic carbocycles. The number of hydrogen-bond acceptors (Lipinski definition) is 4. The van der Waals surface area contributed by atoms with Gasteiger partial charge >= 0.3 is 6.18 Å². The van der Waals surface area contributed by atoms with Crippen LogP contribution in [0.4, 0.5) is 13.2 Å². The summed E-state index contributed by atoms with van der Waals surface area (Å²) in [6.07, 6.45) is -4.81. The number of alkyl halides is 3. The summed E-state index contributed by atoms with van der Waals surface area (Å²) in [7, 11) is 0. The molecule has 3 rings (SSSR count). The summed E-state index contributed by atoms with van der Waals surface area (Å²) >= 11 is 0. The van der Waals surface area contributed by atoms with Gasteiger partial charge in [0.25, 0.3) is 0 Å². The lowest BCUT2D eigenvalue weighted by molar-refractivity contribution is -0.169. The van der Waals surface area contributed by atoms with E-state index in [1.807, 2.05) is 6.92 Å². The topological polar surface area (TPSA) is 36.9 Å². The molecule has 0 saturated carbocycles. The molecular weight excluding hydrogens is 325 g/mol. The minimum absolute atomic E-state index is 0.107. The molecule has 0 radical (unpaired) electrons. The van der Waals surface area contributed by atoms with Gasteiger partial charge in [-0.3, -0.25) is 0 Å². The van der Waals surface area contributed by atoms with Crippen molar-refractivity contribution < 1.29 is 32.1 Å². The maximum atomic E-state index is 13.1. The highest BCUT2D eigenvalue weighted by molar-refractivity contribution is 5.29. The van der Waals surface area contributed by atoms with Crippen molar-refractivity contribution in [2.75, 3.05) is 0 Å². The summed E-state index contributed by atoms with van der Waals surface area (Å²) in [5.41, 5.74) is -0.569. The van der Waals surface area contributed by atoms with E-state index in [0.29, 0.717) is 0 Å². The Morgan fingerprint density at radius 1 is 1.12 bits per heavy atom. The van der Waals surface area contributed by atoms with Crippen molar-refractivity contribution in [1.29, 1.82) is 0 Å². The first-order valence-corrected chi connectivity index (χ1v) is 8.13. The van der Waals surface area contributed by atoms with Gasteiger partial charge in [-0.15, -0.1) is 0 Å². The van der Waals surface area contributed by atoms with Crippen molar-refractivity contribution in [3.8, 4) is 0 Å². The highest BCUT2D eigenvalue weighted by atomic mass is 19.4. The van der Waals surface area contributed by atoms with Gasteiger partial charge in [0, 0.05) is 0 Å². The summed E-state index contributed by atoms with van der Waals surface area (Å²) in [5, 5.41) is 0. The normalized spacial score (nSPS) is 33.0. The molecule has 2 saturated heterocycles. The SMILES string of the molecule is CCC[C@H]1O[C@@H]2OC(C)O[C@@H]2[C@H]1OCc1ccccc1C(F)(F)F. The molecule has 0 amide bonds. The van der Waals surface area contributed by atoms with Crippen molar-refractivity contribution in [3.05, 3.63) is 35.4 Å². The molecule has 2 heterocycles. The van der Waals surface area contributed by atoms with Gasteiger partial charge in [0.15, 0.2) is 12.6 Å². The number of hydrogen-bond donors (Lipinski definition) is 0. The van der Waals surface area contributed by atoms with Crippen molar-refractivity contribution in [1.82, 2.24) is 0 Å². The second-order valence-corrected chi connectivity index (χ2v) is 6.07. The Bertz CT molecular complexity index is 563. The molecule has 5 atom stereocenters. The van der Waals surface area contributed by atoms with E-state index >= 15 is 0 Å². The highest BCUT2D eigenvalue weighted by Crippen LogP contribution is 2.37. The molecule has 0 aromatic heterocycles. The average Bonchev–Trinajstić information content (AvgIpc) is 3.01. The zero-order valence-corrected chi connectivity index (χ0v) is 13.6. The Labute approximate surface area is 138 Å². The second-order valence-electron chi connectivity index (χ2n) is 6.07. The van der Waals surface area contributed by atoms with Crippen molar-refractivity contribution in [2.24, 2.45) is 0 Å². The molecule has 2 aliphatic rings. The van der Waals surface area contributed by atoms with Crippen LogP contribution in [0.15, 0.2) is 24.3 Å². The second kappa shape index (κ2) is 7.00. The number of fused-ring (bicyclic) bond motifs is 1. The predicted octanol–water partition coefficient (Wildman–Crippen LogP) is 3.88. The third-order valence-corrected chi connectivity index (χ3v) is 4.27. The minimum Gasteiger partial charge on any atom is -0.368 e. The van der Waals surface area contributed by atoms with Crippen LogP contribution in [0.25, 0.3) is 0 Å². The molecule has 1 aromatic carbocycles. The molecule has 0 N–H and O–H groups in total. The highest BCUT2D eigenvalue weighted by Gasteiger charge is 2.51. The average molecular weight is 346 g/mol. The predicted molar refractivity (Wildman–Crippen MR) is 79.0 cm³/mol. The number of halogens is 3. The van der Waals surface area contributed by atoms with Crippen LogP contribution in [0.2, 0.25) is 0 Å². The molecule has 2 aliphatic heterocycles. The fraction of sp³-hybridized carbons (Fsp3) is 0.647. The fourth-order valence-electron chi connectivity index (χ4n) is 3.21. The van der Waals surface area contributed by atoms with Crippen LogP contribution >= 0.6 is 0 Å². The van der Waals surface area contributed by atoms with E-state index in [1.165, 1.54) is 12.1 Å². The van der Waals surface area contributed by atoms with Gasteiger partial charge in [-0.25, -0.2) is 0 Å². The Hall–Kier alpha value is -1.15. The van der Waals surface area contributed by atoms with Crippen LogP contribution in [0.1, 0.15) is 37.8 Å². The first-order chi connectivity index (χ1) is 11.4. The van der Waals surface area contributed by atoms with Crippen molar-refractivity contribution in [2.45, 2.75) is 70.4 Å².